The molecule has 0 amide bonds. The third-order valence-corrected chi connectivity index (χ3v) is 1.48. The van der Waals surface area contributed by atoms with Crippen LogP contribution < -0.4 is 5.32 Å². The minimum absolute atomic E-state index is 0. The Balaban J connectivity index is 0. The van der Waals surface area contributed by atoms with E-state index in [2.05, 4.69) is 5.32 Å². The van der Waals surface area contributed by atoms with Crippen molar-refractivity contribution in [1.29, 1.82) is 0 Å². The van der Waals surface area contributed by atoms with E-state index in [4.69, 9.17) is 0 Å². The lowest BCUT2D eigenvalue weighted by molar-refractivity contribution is -0.247. The monoisotopic (exact) mass is 226 g/mol. The Labute approximate surface area is 81.3 Å². The molecule has 1 saturated heterocycles. The van der Waals surface area contributed by atoms with E-state index in [1.54, 1.807) is 0 Å². The van der Waals surface area contributed by atoms with Crippen LogP contribution in [0.3, 0.4) is 0 Å². The van der Waals surface area contributed by atoms with Crippen molar-refractivity contribution in [2.24, 2.45) is 0 Å². The third-order valence-electron chi connectivity index (χ3n) is 1.48. The lowest BCUT2D eigenvalue weighted by Crippen LogP contribution is -2.50. The molecule has 0 bridgehead atoms. The van der Waals surface area contributed by atoms with Crippen LogP contribution in [-0.4, -0.2) is 37.4 Å². The van der Waals surface area contributed by atoms with Crippen molar-refractivity contribution in [3.05, 3.63) is 0 Å². The molecule has 0 spiro atoms. The lowest BCUT2D eigenvalue weighted by atomic mass is 10.4. The molecule has 76 valence electrons. The van der Waals surface area contributed by atoms with E-state index >= 15 is 0 Å². The minimum atomic E-state index is -4.14. The second-order valence-electron chi connectivity index (χ2n) is 2.20. The maximum atomic E-state index is 11.8. The van der Waals surface area contributed by atoms with Crippen LogP contribution in [0.15, 0.2) is 0 Å². The minimum Gasteiger partial charge on any atom is -0.314 e. The fourth-order valence-electron chi connectivity index (χ4n) is 0.918. The Bertz CT molecular complexity index is 114. The Morgan fingerprint density at radius 3 is 1.67 bits per heavy atom. The Morgan fingerprint density at radius 2 is 1.42 bits per heavy atom. The Kier molecular flexibility index (Phi) is 7.22. The van der Waals surface area contributed by atoms with Gasteiger partial charge in [-0.2, -0.15) is 13.2 Å². The zero-order valence-electron chi connectivity index (χ0n) is 6.23. The maximum Gasteiger partial charge on any atom is 0.460 e. The molecule has 0 saturated carbocycles. The van der Waals surface area contributed by atoms with Gasteiger partial charge in [0, 0.05) is 26.2 Å². The third kappa shape index (κ3) is 4.35. The van der Waals surface area contributed by atoms with Gasteiger partial charge in [-0.05, 0) is 0 Å². The molecule has 0 aromatic heterocycles. The first-order valence-electron chi connectivity index (χ1n) is 3.13. The van der Waals surface area contributed by atoms with Gasteiger partial charge in [-0.3, -0.25) is 0 Å². The number of alkyl halides is 3. The molecular weight excluding hydrogens is 216 g/mol. The van der Waals surface area contributed by atoms with E-state index < -0.39 is 6.30 Å². The zero-order valence-corrected chi connectivity index (χ0v) is 7.86. The van der Waals surface area contributed by atoms with Gasteiger partial charge in [0.1, 0.15) is 0 Å². The average molecular weight is 227 g/mol. The van der Waals surface area contributed by atoms with Gasteiger partial charge in [0.2, 0.25) is 0 Å². The number of halogens is 5. The van der Waals surface area contributed by atoms with E-state index in [1.807, 2.05) is 0 Å². The van der Waals surface area contributed by atoms with Crippen LogP contribution in [0.25, 0.3) is 0 Å². The number of piperazine rings is 1. The SMILES string of the molecule is Cl.Cl.FC(F)(F)N1CCNCC1. The number of hydrogen-bond acceptors (Lipinski definition) is 2. The summed E-state index contributed by atoms with van der Waals surface area (Å²) in [5.74, 6) is 0. The summed E-state index contributed by atoms with van der Waals surface area (Å²) in [5, 5.41) is 2.85. The molecule has 1 rings (SSSR count). The predicted molar refractivity (Wildman–Crippen MR) is 45.0 cm³/mol. The first kappa shape index (κ1) is 14.8. The molecule has 1 fully saturated rings. The van der Waals surface area contributed by atoms with Crippen LogP contribution in [0.5, 0.6) is 0 Å². The fourth-order valence-corrected chi connectivity index (χ4v) is 0.918. The zero-order chi connectivity index (χ0) is 7.61. The predicted octanol–water partition coefficient (Wildman–Crippen LogP) is 1.26. The van der Waals surface area contributed by atoms with Gasteiger partial charge in [0.25, 0.3) is 0 Å². The van der Waals surface area contributed by atoms with Crippen molar-refractivity contribution < 1.29 is 13.2 Å². The molecular formula is C5H11Cl2F3N2. The summed E-state index contributed by atoms with van der Waals surface area (Å²) in [6.45, 7) is 1.01. The van der Waals surface area contributed by atoms with Crippen molar-refractivity contribution in [1.82, 2.24) is 10.2 Å². The Morgan fingerprint density at radius 1 is 1.00 bits per heavy atom. The maximum absolute atomic E-state index is 11.8. The van der Waals surface area contributed by atoms with Gasteiger partial charge in [0.15, 0.2) is 0 Å². The van der Waals surface area contributed by atoms with E-state index in [0.717, 1.165) is 0 Å². The standard InChI is InChI=1S/C5H9F3N2.2ClH/c6-5(7,8)10-3-1-9-2-4-10;;/h9H,1-4H2;2*1H. The van der Waals surface area contributed by atoms with Crippen molar-refractivity contribution in [3.8, 4) is 0 Å². The van der Waals surface area contributed by atoms with Gasteiger partial charge >= 0.3 is 6.30 Å². The van der Waals surface area contributed by atoms with Crippen molar-refractivity contribution in [2.45, 2.75) is 6.30 Å². The van der Waals surface area contributed by atoms with Crippen molar-refractivity contribution in [2.75, 3.05) is 26.2 Å². The molecule has 0 atom stereocenters. The van der Waals surface area contributed by atoms with Gasteiger partial charge in [-0.15, -0.1) is 24.8 Å². The topological polar surface area (TPSA) is 15.3 Å². The lowest BCUT2D eigenvalue weighted by Gasteiger charge is -2.28. The Hall–Kier alpha value is 0.290. The van der Waals surface area contributed by atoms with Crippen LogP contribution in [0, 0.1) is 0 Å². The first-order chi connectivity index (χ1) is 4.61. The van der Waals surface area contributed by atoms with Gasteiger partial charge in [0.05, 0.1) is 0 Å². The quantitative estimate of drug-likeness (QED) is 0.626. The van der Waals surface area contributed by atoms with E-state index in [0.29, 0.717) is 18.0 Å². The highest BCUT2D eigenvalue weighted by Gasteiger charge is 2.37. The summed E-state index contributed by atoms with van der Waals surface area (Å²) in [6.07, 6.45) is -4.14. The molecule has 0 aromatic carbocycles. The van der Waals surface area contributed by atoms with Crippen LogP contribution in [0.1, 0.15) is 0 Å². The summed E-state index contributed by atoms with van der Waals surface area (Å²) in [7, 11) is 0. The normalized spacial score (nSPS) is 19.2. The second-order valence-corrected chi connectivity index (χ2v) is 2.20. The average Bonchev–Trinajstić information content (AvgIpc) is 1.88. The largest absolute Gasteiger partial charge is 0.460 e. The van der Waals surface area contributed by atoms with Crippen molar-refractivity contribution >= 4 is 24.8 Å². The summed E-state index contributed by atoms with van der Waals surface area (Å²) < 4.78 is 35.5. The van der Waals surface area contributed by atoms with Crippen LogP contribution >= 0.6 is 24.8 Å². The van der Waals surface area contributed by atoms with E-state index in [-0.39, 0.29) is 37.9 Å². The highest BCUT2D eigenvalue weighted by atomic mass is 35.5. The molecule has 1 N–H and O–H groups in total. The fraction of sp³-hybridized carbons (Fsp3) is 1.00. The molecule has 7 heteroatoms. The van der Waals surface area contributed by atoms with Crippen LogP contribution in [0.2, 0.25) is 0 Å². The molecule has 0 radical (unpaired) electrons. The van der Waals surface area contributed by atoms with E-state index in [1.165, 1.54) is 0 Å². The number of hydrogen-bond donors (Lipinski definition) is 1. The second kappa shape index (κ2) is 5.85. The van der Waals surface area contributed by atoms with Gasteiger partial charge in [-0.1, -0.05) is 0 Å². The van der Waals surface area contributed by atoms with E-state index in [9.17, 15) is 13.2 Å². The molecule has 1 aliphatic heterocycles. The number of rotatable bonds is 0. The molecule has 2 nitrogen and oxygen atoms in total. The molecule has 0 unspecified atom stereocenters. The summed E-state index contributed by atoms with van der Waals surface area (Å²) in [5.41, 5.74) is 0. The summed E-state index contributed by atoms with van der Waals surface area (Å²) in [4.78, 5) is 0.517. The molecule has 0 aliphatic carbocycles. The molecule has 1 aliphatic rings. The highest BCUT2D eigenvalue weighted by Crippen LogP contribution is 2.20. The van der Waals surface area contributed by atoms with Crippen molar-refractivity contribution in [3.63, 3.8) is 0 Å². The summed E-state index contributed by atoms with van der Waals surface area (Å²) in [6, 6.07) is 0. The highest BCUT2D eigenvalue weighted by molar-refractivity contribution is 5.85. The van der Waals surface area contributed by atoms with Crippen LogP contribution in [-0.2, 0) is 0 Å². The summed E-state index contributed by atoms with van der Waals surface area (Å²) >= 11 is 0. The first-order valence-corrected chi connectivity index (χ1v) is 3.13. The smallest absolute Gasteiger partial charge is 0.314 e. The molecule has 0 aromatic rings. The number of nitrogens with zero attached hydrogens (tertiary/aromatic N) is 1. The number of nitrogens with one attached hydrogen (secondary N) is 1. The van der Waals surface area contributed by atoms with Gasteiger partial charge < -0.3 is 5.32 Å². The van der Waals surface area contributed by atoms with Gasteiger partial charge in [-0.25, -0.2) is 4.90 Å². The molecule has 1 heterocycles. The molecule has 12 heavy (non-hydrogen) atoms. The van der Waals surface area contributed by atoms with Crippen LogP contribution in [0.4, 0.5) is 13.2 Å².